The van der Waals surface area contributed by atoms with Gasteiger partial charge >= 0.3 is 5.69 Å². The molecule has 1 aliphatic rings. The summed E-state index contributed by atoms with van der Waals surface area (Å²) in [5.41, 5.74) is -3.68. The lowest BCUT2D eigenvalue weighted by Gasteiger charge is -2.23. The predicted octanol–water partition coefficient (Wildman–Crippen LogP) is -2.87. The van der Waals surface area contributed by atoms with Crippen LogP contribution >= 0.6 is 0 Å². The maximum absolute atomic E-state index is 11.8. The molecule has 1 aromatic rings. The lowest BCUT2D eigenvalue weighted by molar-refractivity contribution is -0.0936. The van der Waals surface area contributed by atoms with Crippen LogP contribution in [0.3, 0.4) is 0 Å². The molecular formula is C13H12N2O6. The van der Waals surface area contributed by atoms with Gasteiger partial charge in [-0.2, -0.15) is 0 Å². The van der Waals surface area contributed by atoms with Crippen molar-refractivity contribution >= 4 is 0 Å². The third-order valence-electron chi connectivity index (χ3n) is 3.30. The van der Waals surface area contributed by atoms with Crippen LogP contribution in [0, 0.1) is 24.7 Å². The fourth-order valence-electron chi connectivity index (χ4n) is 2.08. The van der Waals surface area contributed by atoms with E-state index in [0.717, 1.165) is 10.8 Å². The summed E-state index contributed by atoms with van der Waals surface area (Å²) in [7, 11) is 0. The highest BCUT2D eigenvalue weighted by atomic mass is 16.6. The molecule has 4 atom stereocenters. The van der Waals surface area contributed by atoms with Gasteiger partial charge < -0.3 is 20.1 Å². The van der Waals surface area contributed by atoms with Gasteiger partial charge in [-0.1, -0.05) is 11.8 Å². The van der Waals surface area contributed by atoms with Gasteiger partial charge in [0.05, 0.1) is 6.61 Å². The van der Waals surface area contributed by atoms with E-state index in [0.29, 0.717) is 0 Å². The van der Waals surface area contributed by atoms with Gasteiger partial charge in [-0.25, -0.2) is 4.79 Å². The number of terminal acetylenes is 2. The van der Waals surface area contributed by atoms with Gasteiger partial charge in [0.1, 0.15) is 17.8 Å². The third-order valence-corrected chi connectivity index (χ3v) is 3.30. The van der Waals surface area contributed by atoms with E-state index in [1.54, 1.807) is 0 Å². The Morgan fingerprint density at radius 1 is 1.43 bits per heavy atom. The summed E-state index contributed by atoms with van der Waals surface area (Å²) in [6.45, 7) is -0.766. The Hall–Kier alpha value is -2.36. The number of aliphatic hydroxyl groups is 3. The van der Waals surface area contributed by atoms with Crippen LogP contribution < -0.4 is 11.2 Å². The summed E-state index contributed by atoms with van der Waals surface area (Å²) < 4.78 is 6.07. The molecule has 21 heavy (non-hydrogen) atoms. The van der Waals surface area contributed by atoms with Gasteiger partial charge in [0.15, 0.2) is 11.8 Å². The molecule has 2 rings (SSSR count). The third kappa shape index (κ3) is 2.17. The monoisotopic (exact) mass is 292 g/mol. The number of rotatable bonds is 2. The largest absolute Gasteiger partial charge is 0.392 e. The van der Waals surface area contributed by atoms with Gasteiger partial charge in [-0.15, -0.1) is 12.8 Å². The van der Waals surface area contributed by atoms with E-state index in [9.17, 15) is 24.9 Å². The first-order valence-electron chi connectivity index (χ1n) is 5.85. The van der Waals surface area contributed by atoms with E-state index in [1.165, 1.54) is 0 Å². The lowest BCUT2D eigenvalue weighted by Crippen LogP contribution is -2.45. The molecule has 1 fully saturated rings. The predicted molar refractivity (Wildman–Crippen MR) is 70.0 cm³/mol. The molecule has 1 aliphatic heterocycles. The van der Waals surface area contributed by atoms with Gasteiger partial charge in [-0.05, 0) is 0 Å². The number of hydrogen-bond donors (Lipinski definition) is 4. The summed E-state index contributed by atoms with van der Waals surface area (Å²) in [4.78, 5) is 25.1. The highest BCUT2D eigenvalue weighted by molar-refractivity contribution is 5.26. The number of nitrogens with one attached hydrogen (secondary N) is 1. The molecule has 8 nitrogen and oxygen atoms in total. The molecule has 0 spiro atoms. The van der Waals surface area contributed by atoms with Crippen molar-refractivity contribution in [3.8, 4) is 24.7 Å². The summed E-state index contributed by atoms with van der Waals surface area (Å²) in [5.74, 6) is 4.12. The second-order valence-electron chi connectivity index (χ2n) is 4.49. The molecule has 0 saturated carbocycles. The second-order valence-corrected chi connectivity index (χ2v) is 4.49. The van der Waals surface area contributed by atoms with E-state index in [1.807, 2.05) is 4.98 Å². The van der Waals surface area contributed by atoms with Gasteiger partial charge in [0.25, 0.3) is 5.56 Å². The lowest BCUT2D eigenvalue weighted by atomic mass is 9.97. The Kier molecular flexibility index (Phi) is 3.73. The van der Waals surface area contributed by atoms with Crippen molar-refractivity contribution in [1.29, 1.82) is 0 Å². The van der Waals surface area contributed by atoms with Gasteiger partial charge in [0.2, 0.25) is 0 Å². The topological polar surface area (TPSA) is 125 Å². The fraction of sp³-hybridized carbons (Fsp3) is 0.385. The van der Waals surface area contributed by atoms with Crippen LogP contribution in [0.4, 0.5) is 0 Å². The molecule has 1 saturated heterocycles. The molecule has 0 amide bonds. The maximum Gasteiger partial charge on any atom is 0.330 e. The fourth-order valence-corrected chi connectivity index (χ4v) is 2.08. The molecule has 110 valence electrons. The van der Waals surface area contributed by atoms with E-state index < -0.39 is 41.9 Å². The number of nitrogens with zero attached hydrogens (tertiary/aromatic N) is 1. The second kappa shape index (κ2) is 5.20. The Morgan fingerprint density at radius 2 is 2.10 bits per heavy atom. The van der Waals surface area contributed by atoms with Crippen molar-refractivity contribution in [3.63, 3.8) is 0 Å². The highest BCUT2D eigenvalue weighted by Crippen LogP contribution is 2.35. The van der Waals surface area contributed by atoms with Crippen molar-refractivity contribution in [2.75, 3.05) is 6.61 Å². The van der Waals surface area contributed by atoms with E-state index in [-0.39, 0.29) is 5.56 Å². The zero-order valence-corrected chi connectivity index (χ0v) is 10.7. The molecule has 0 unspecified atom stereocenters. The molecule has 4 N–H and O–H groups in total. The average Bonchev–Trinajstić information content (AvgIpc) is 2.73. The molecule has 0 aromatic carbocycles. The first-order chi connectivity index (χ1) is 9.90. The molecule has 2 heterocycles. The maximum atomic E-state index is 11.8. The average molecular weight is 292 g/mol. The van der Waals surface area contributed by atoms with Crippen molar-refractivity contribution in [2.24, 2.45) is 0 Å². The Balaban J connectivity index is 2.55. The van der Waals surface area contributed by atoms with Crippen LogP contribution in [-0.4, -0.2) is 49.3 Å². The Morgan fingerprint density at radius 3 is 2.57 bits per heavy atom. The standard InChI is InChI=1S/C13H12N2O6/c1-3-7-5-15(12(20)14-10(7)19)11-8(17)9(18)13(4-2,6-16)21-11/h1-2,5,8-9,11,16-18H,6H2,(H,14,19,20)/t8-,9-,11+,13+/m0/s1. The minimum Gasteiger partial charge on any atom is -0.392 e. The molecule has 0 radical (unpaired) electrons. The van der Waals surface area contributed by atoms with Crippen LogP contribution in [0.1, 0.15) is 11.8 Å². The van der Waals surface area contributed by atoms with Crippen molar-refractivity contribution in [3.05, 3.63) is 32.6 Å². The summed E-state index contributed by atoms with van der Waals surface area (Å²) in [5, 5.41) is 29.2. The first kappa shape index (κ1) is 15.0. The van der Waals surface area contributed by atoms with Gasteiger partial charge in [-0.3, -0.25) is 14.3 Å². The zero-order valence-electron chi connectivity index (χ0n) is 10.7. The Labute approximate surface area is 118 Å². The molecule has 1 aromatic heterocycles. The number of ether oxygens (including phenoxy) is 1. The van der Waals surface area contributed by atoms with E-state index in [2.05, 4.69) is 11.8 Å². The quantitative estimate of drug-likeness (QED) is 0.434. The van der Waals surface area contributed by atoms with Gasteiger partial charge in [0, 0.05) is 6.20 Å². The van der Waals surface area contributed by atoms with Crippen molar-refractivity contribution in [1.82, 2.24) is 9.55 Å². The molecule has 8 heteroatoms. The zero-order chi connectivity index (χ0) is 15.8. The van der Waals surface area contributed by atoms with Crippen LogP contribution in [0.25, 0.3) is 0 Å². The summed E-state index contributed by atoms with van der Waals surface area (Å²) in [6.07, 6.45) is 6.72. The minimum atomic E-state index is -1.85. The van der Waals surface area contributed by atoms with Crippen LogP contribution in [0.5, 0.6) is 0 Å². The Bertz CT molecular complexity index is 752. The molecule has 0 bridgehead atoms. The minimum absolute atomic E-state index is 0.165. The van der Waals surface area contributed by atoms with Crippen LogP contribution in [0.15, 0.2) is 15.8 Å². The van der Waals surface area contributed by atoms with Crippen molar-refractivity contribution in [2.45, 2.75) is 24.0 Å². The van der Waals surface area contributed by atoms with Crippen LogP contribution in [0.2, 0.25) is 0 Å². The highest BCUT2D eigenvalue weighted by Gasteiger charge is 2.54. The smallest absolute Gasteiger partial charge is 0.330 e. The SMILES string of the molecule is C#Cc1cn([C@@H]2O[C@](C#C)(CO)[C@@H](O)[C@@H]2O)c(=O)[nH]c1=O. The van der Waals surface area contributed by atoms with Crippen molar-refractivity contribution < 1.29 is 20.1 Å². The van der Waals surface area contributed by atoms with E-state index >= 15 is 0 Å². The normalized spacial score (nSPS) is 31.6. The first-order valence-corrected chi connectivity index (χ1v) is 5.85. The summed E-state index contributed by atoms with van der Waals surface area (Å²) in [6, 6.07) is 0. The summed E-state index contributed by atoms with van der Waals surface area (Å²) >= 11 is 0. The number of H-pyrrole nitrogens is 1. The number of aromatic nitrogens is 2. The molecule has 0 aliphatic carbocycles. The number of aromatic amines is 1. The number of aliphatic hydroxyl groups excluding tert-OH is 3. The van der Waals surface area contributed by atoms with Crippen LogP contribution in [-0.2, 0) is 4.74 Å². The number of hydrogen-bond acceptors (Lipinski definition) is 6. The van der Waals surface area contributed by atoms with E-state index in [4.69, 9.17) is 17.6 Å². The molecular weight excluding hydrogens is 280 g/mol.